The molecule has 0 bridgehead atoms. The van der Waals surface area contributed by atoms with Crippen molar-refractivity contribution in [3.8, 4) is 0 Å². The van der Waals surface area contributed by atoms with Gasteiger partial charge in [0.2, 0.25) is 5.91 Å². The molecular formula is C13H14FNO. The lowest BCUT2D eigenvalue weighted by molar-refractivity contribution is -0.122. The van der Waals surface area contributed by atoms with Crippen LogP contribution in [0.25, 0.3) is 0 Å². The molecule has 0 unspecified atom stereocenters. The number of anilines is 1. The molecule has 1 fully saturated rings. The van der Waals surface area contributed by atoms with Gasteiger partial charge in [0.1, 0.15) is 5.82 Å². The van der Waals surface area contributed by atoms with Gasteiger partial charge in [0.15, 0.2) is 0 Å². The van der Waals surface area contributed by atoms with Crippen molar-refractivity contribution in [3.63, 3.8) is 0 Å². The van der Waals surface area contributed by atoms with Gasteiger partial charge in [0.25, 0.3) is 0 Å². The zero-order valence-corrected chi connectivity index (χ0v) is 9.05. The number of fused-ring (bicyclic) bond motifs is 2. The first-order valence-corrected chi connectivity index (χ1v) is 5.84. The first-order valence-electron chi connectivity index (χ1n) is 5.84. The summed E-state index contributed by atoms with van der Waals surface area (Å²) >= 11 is 0. The maximum atomic E-state index is 13.9. The van der Waals surface area contributed by atoms with E-state index in [1.165, 1.54) is 6.07 Å². The second-order valence-electron chi connectivity index (χ2n) is 4.76. The van der Waals surface area contributed by atoms with E-state index in [1.807, 2.05) is 0 Å². The van der Waals surface area contributed by atoms with Crippen LogP contribution in [0.2, 0.25) is 0 Å². The Hall–Kier alpha value is -1.38. The van der Waals surface area contributed by atoms with Gasteiger partial charge in [-0.1, -0.05) is 25.3 Å². The van der Waals surface area contributed by atoms with E-state index < -0.39 is 5.41 Å². The summed E-state index contributed by atoms with van der Waals surface area (Å²) in [7, 11) is 0. The van der Waals surface area contributed by atoms with Gasteiger partial charge in [0, 0.05) is 11.3 Å². The van der Waals surface area contributed by atoms with Gasteiger partial charge in [-0.15, -0.1) is 0 Å². The fraction of sp³-hybridized carbons (Fsp3) is 0.462. The van der Waals surface area contributed by atoms with Crippen LogP contribution in [-0.4, -0.2) is 5.91 Å². The molecule has 1 heterocycles. The van der Waals surface area contributed by atoms with Gasteiger partial charge in [0.05, 0.1) is 5.41 Å². The molecule has 0 radical (unpaired) electrons. The van der Waals surface area contributed by atoms with Crippen LogP contribution in [0.15, 0.2) is 18.2 Å². The molecule has 16 heavy (non-hydrogen) atoms. The average molecular weight is 219 g/mol. The molecular weight excluding hydrogens is 205 g/mol. The largest absolute Gasteiger partial charge is 0.325 e. The van der Waals surface area contributed by atoms with Gasteiger partial charge in [-0.3, -0.25) is 4.79 Å². The van der Waals surface area contributed by atoms with Crippen molar-refractivity contribution in [1.29, 1.82) is 0 Å². The van der Waals surface area contributed by atoms with Crippen LogP contribution in [0.3, 0.4) is 0 Å². The molecule has 3 heteroatoms. The highest BCUT2D eigenvalue weighted by molar-refractivity contribution is 6.06. The van der Waals surface area contributed by atoms with E-state index in [4.69, 9.17) is 0 Å². The number of amides is 1. The zero-order valence-electron chi connectivity index (χ0n) is 9.05. The lowest BCUT2D eigenvalue weighted by atomic mass is 9.70. The van der Waals surface area contributed by atoms with Crippen LogP contribution < -0.4 is 5.32 Å². The third-order valence-electron chi connectivity index (χ3n) is 3.88. The predicted molar refractivity (Wildman–Crippen MR) is 59.8 cm³/mol. The van der Waals surface area contributed by atoms with E-state index in [0.717, 1.165) is 32.1 Å². The standard InChI is InChI=1S/C13H14FNO/c14-9-5-4-6-10-11(9)13(12(16)15-10)7-2-1-3-8-13/h4-6H,1-3,7-8H2,(H,15,16). The van der Waals surface area contributed by atoms with Gasteiger partial charge in [-0.05, 0) is 25.0 Å². The molecule has 1 N–H and O–H groups in total. The van der Waals surface area contributed by atoms with Gasteiger partial charge in [-0.25, -0.2) is 4.39 Å². The normalized spacial score (nSPS) is 21.9. The summed E-state index contributed by atoms with van der Waals surface area (Å²) in [5, 5.41) is 2.82. The maximum Gasteiger partial charge on any atom is 0.235 e. The van der Waals surface area contributed by atoms with Crippen LogP contribution in [0.1, 0.15) is 37.7 Å². The summed E-state index contributed by atoms with van der Waals surface area (Å²) in [6.45, 7) is 0. The van der Waals surface area contributed by atoms with Crippen LogP contribution >= 0.6 is 0 Å². The predicted octanol–water partition coefficient (Wildman–Crippen LogP) is 2.98. The summed E-state index contributed by atoms with van der Waals surface area (Å²) in [5.74, 6) is -0.245. The maximum absolute atomic E-state index is 13.9. The van der Waals surface area contributed by atoms with Gasteiger partial charge >= 0.3 is 0 Å². The number of nitrogens with one attached hydrogen (secondary N) is 1. The summed E-state index contributed by atoms with van der Waals surface area (Å²) in [6.07, 6.45) is 4.75. The molecule has 2 aliphatic rings. The molecule has 1 amide bonds. The smallest absolute Gasteiger partial charge is 0.235 e. The molecule has 1 saturated carbocycles. The van der Waals surface area contributed by atoms with E-state index in [1.54, 1.807) is 12.1 Å². The van der Waals surface area contributed by atoms with E-state index in [9.17, 15) is 9.18 Å². The van der Waals surface area contributed by atoms with Crippen molar-refractivity contribution in [1.82, 2.24) is 0 Å². The van der Waals surface area contributed by atoms with E-state index >= 15 is 0 Å². The molecule has 3 rings (SSSR count). The Bertz CT molecular complexity index is 449. The Morgan fingerprint density at radius 2 is 1.94 bits per heavy atom. The van der Waals surface area contributed by atoms with Crippen molar-refractivity contribution >= 4 is 11.6 Å². The number of halogens is 1. The number of hydrogen-bond donors (Lipinski definition) is 1. The molecule has 0 atom stereocenters. The highest BCUT2D eigenvalue weighted by atomic mass is 19.1. The lowest BCUT2D eigenvalue weighted by Gasteiger charge is -2.31. The molecule has 1 aliphatic heterocycles. The van der Waals surface area contributed by atoms with Crippen molar-refractivity contribution in [3.05, 3.63) is 29.6 Å². The Morgan fingerprint density at radius 3 is 2.69 bits per heavy atom. The minimum Gasteiger partial charge on any atom is -0.325 e. The fourth-order valence-electron chi connectivity index (χ4n) is 3.10. The summed E-state index contributed by atoms with van der Waals surface area (Å²) < 4.78 is 13.9. The molecule has 0 saturated heterocycles. The Morgan fingerprint density at radius 1 is 1.19 bits per heavy atom. The molecule has 1 aromatic carbocycles. The highest BCUT2D eigenvalue weighted by Gasteiger charge is 2.48. The number of rotatable bonds is 0. The second kappa shape index (κ2) is 3.30. The minimum absolute atomic E-state index is 0.00713. The average Bonchev–Trinajstić information content (AvgIpc) is 2.55. The van der Waals surface area contributed by atoms with Crippen molar-refractivity contribution in [2.24, 2.45) is 0 Å². The molecule has 2 nitrogen and oxygen atoms in total. The number of carbonyl (C=O) groups excluding carboxylic acids is 1. The second-order valence-corrected chi connectivity index (χ2v) is 4.76. The Kier molecular flexibility index (Phi) is 2.03. The third-order valence-corrected chi connectivity index (χ3v) is 3.88. The molecule has 1 aromatic rings. The lowest BCUT2D eigenvalue weighted by Crippen LogP contribution is -2.36. The Balaban J connectivity index is 2.17. The first kappa shape index (κ1) is 9.82. The Labute approximate surface area is 93.9 Å². The molecule has 84 valence electrons. The first-order chi connectivity index (χ1) is 7.74. The van der Waals surface area contributed by atoms with Crippen LogP contribution in [-0.2, 0) is 10.2 Å². The summed E-state index contributed by atoms with van der Waals surface area (Å²) in [4.78, 5) is 12.1. The van der Waals surface area contributed by atoms with E-state index in [0.29, 0.717) is 11.3 Å². The van der Waals surface area contributed by atoms with E-state index in [-0.39, 0.29) is 11.7 Å². The van der Waals surface area contributed by atoms with Crippen molar-refractivity contribution < 1.29 is 9.18 Å². The van der Waals surface area contributed by atoms with Gasteiger partial charge in [-0.2, -0.15) is 0 Å². The fourth-order valence-corrected chi connectivity index (χ4v) is 3.10. The molecule has 1 spiro atoms. The van der Waals surface area contributed by atoms with Crippen LogP contribution in [0.5, 0.6) is 0 Å². The number of benzene rings is 1. The monoisotopic (exact) mass is 219 g/mol. The SMILES string of the molecule is O=C1Nc2cccc(F)c2C12CCCCC2. The van der Waals surface area contributed by atoms with E-state index in [2.05, 4.69) is 5.32 Å². The summed E-state index contributed by atoms with van der Waals surface area (Å²) in [5.41, 5.74) is 0.713. The molecule has 0 aromatic heterocycles. The van der Waals surface area contributed by atoms with Crippen molar-refractivity contribution in [2.45, 2.75) is 37.5 Å². The number of carbonyl (C=O) groups is 1. The minimum atomic E-state index is -0.571. The topological polar surface area (TPSA) is 29.1 Å². The van der Waals surface area contributed by atoms with Crippen LogP contribution in [0.4, 0.5) is 10.1 Å². The summed E-state index contributed by atoms with van der Waals surface area (Å²) in [6, 6.07) is 4.89. The third kappa shape index (κ3) is 1.14. The quantitative estimate of drug-likeness (QED) is 0.714. The van der Waals surface area contributed by atoms with Crippen LogP contribution in [0, 0.1) is 5.82 Å². The number of hydrogen-bond acceptors (Lipinski definition) is 1. The van der Waals surface area contributed by atoms with Gasteiger partial charge < -0.3 is 5.32 Å². The highest BCUT2D eigenvalue weighted by Crippen LogP contribution is 2.48. The van der Waals surface area contributed by atoms with Crippen molar-refractivity contribution in [2.75, 3.05) is 5.32 Å². The zero-order chi connectivity index (χ0) is 11.2. The molecule has 1 aliphatic carbocycles.